The van der Waals surface area contributed by atoms with Crippen LogP contribution in [0, 0.1) is 0 Å². The number of rotatable bonds is 6. The van der Waals surface area contributed by atoms with E-state index in [0.29, 0.717) is 13.1 Å². The minimum Gasteiger partial charge on any atom is -0.388 e. The smallest absolute Gasteiger partial charge is 0.111 e. The van der Waals surface area contributed by atoms with Gasteiger partial charge in [-0.25, -0.2) is 4.98 Å². The number of aliphatic hydroxyl groups is 1. The number of likely N-dealkylation sites (N-methyl/N-ethyl adjacent to an activating group) is 1. The number of nitrogens with zero attached hydrogens (tertiary/aromatic N) is 2. The lowest BCUT2D eigenvalue weighted by Crippen LogP contribution is -2.46. The van der Waals surface area contributed by atoms with Crippen molar-refractivity contribution in [2.75, 3.05) is 27.2 Å². The van der Waals surface area contributed by atoms with Crippen LogP contribution in [-0.2, 0) is 0 Å². The van der Waals surface area contributed by atoms with Crippen molar-refractivity contribution in [3.05, 3.63) is 29.3 Å². The van der Waals surface area contributed by atoms with Gasteiger partial charge in [-0.15, -0.1) is 11.3 Å². The third kappa shape index (κ3) is 3.99. The van der Waals surface area contributed by atoms with Gasteiger partial charge in [0.05, 0.1) is 21.9 Å². The van der Waals surface area contributed by atoms with Gasteiger partial charge in [-0.2, -0.15) is 0 Å². The Bertz CT molecular complexity index is 532. The Morgan fingerprint density at radius 2 is 2.10 bits per heavy atom. The molecule has 1 heterocycles. The fraction of sp³-hybridized carbons (Fsp3) is 0.533. The van der Waals surface area contributed by atoms with Gasteiger partial charge in [0.15, 0.2) is 0 Å². The van der Waals surface area contributed by atoms with Crippen LogP contribution in [0.15, 0.2) is 24.3 Å². The molecular weight excluding hydrogens is 270 g/mol. The second-order valence-corrected chi connectivity index (χ2v) is 6.92. The monoisotopic (exact) mass is 293 g/mol. The lowest BCUT2D eigenvalue weighted by molar-refractivity contribution is 0.0317. The predicted molar refractivity (Wildman–Crippen MR) is 85.2 cm³/mol. The molecule has 0 aliphatic carbocycles. The lowest BCUT2D eigenvalue weighted by atomic mass is 10.1. The summed E-state index contributed by atoms with van der Waals surface area (Å²) in [6, 6.07) is 8.30. The van der Waals surface area contributed by atoms with Crippen LogP contribution in [-0.4, -0.2) is 47.8 Å². The van der Waals surface area contributed by atoms with E-state index in [1.54, 1.807) is 11.3 Å². The fourth-order valence-electron chi connectivity index (χ4n) is 2.27. The Hall–Kier alpha value is -1.01. The molecule has 0 amide bonds. The maximum absolute atomic E-state index is 10.3. The quantitative estimate of drug-likeness (QED) is 0.858. The highest BCUT2D eigenvalue weighted by atomic mass is 32.1. The number of hydrogen-bond donors (Lipinski definition) is 2. The topological polar surface area (TPSA) is 48.4 Å². The highest BCUT2D eigenvalue weighted by Gasteiger charge is 2.22. The molecular formula is C15H23N3OS. The third-order valence-corrected chi connectivity index (χ3v) is 4.35. The van der Waals surface area contributed by atoms with Gasteiger partial charge in [-0.3, -0.25) is 0 Å². The minimum atomic E-state index is -0.742. The summed E-state index contributed by atoms with van der Waals surface area (Å²) in [5.74, 6) is 0. The second-order valence-electron chi connectivity index (χ2n) is 5.86. The van der Waals surface area contributed by atoms with E-state index in [-0.39, 0.29) is 6.04 Å². The molecule has 0 radical (unpaired) electrons. The van der Waals surface area contributed by atoms with Gasteiger partial charge in [0.25, 0.3) is 0 Å². The number of para-hydroxylation sites is 1. The number of thiazole rings is 1. The minimum absolute atomic E-state index is 0.140. The van der Waals surface area contributed by atoms with Crippen molar-refractivity contribution >= 4 is 21.6 Å². The zero-order valence-corrected chi connectivity index (χ0v) is 13.4. The van der Waals surface area contributed by atoms with Crippen LogP contribution in [0.2, 0.25) is 0 Å². The molecule has 5 heteroatoms. The molecule has 2 atom stereocenters. The molecule has 20 heavy (non-hydrogen) atoms. The van der Waals surface area contributed by atoms with Gasteiger partial charge in [-0.05, 0) is 40.1 Å². The molecule has 0 spiro atoms. The summed E-state index contributed by atoms with van der Waals surface area (Å²) in [5.41, 5.74) is 0.301. The molecule has 0 aliphatic heterocycles. The van der Waals surface area contributed by atoms with Crippen molar-refractivity contribution in [1.82, 2.24) is 15.2 Å². The number of aromatic nitrogens is 1. The first-order valence-corrected chi connectivity index (χ1v) is 7.65. The molecule has 1 aromatic heterocycles. The molecule has 0 fully saturated rings. The molecule has 0 bridgehead atoms. The predicted octanol–water partition coefficient (Wildman–Crippen LogP) is 2.26. The molecule has 0 saturated carbocycles. The molecule has 0 saturated heterocycles. The first-order valence-electron chi connectivity index (χ1n) is 6.83. The fourth-order valence-corrected chi connectivity index (χ4v) is 3.27. The summed E-state index contributed by atoms with van der Waals surface area (Å²) < 4.78 is 1.20. The van der Waals surface area contributed by atoms with E-state index in [1.165, 1.54) is 4.70 Å². The summed E-state index contributed by atoms with van der Waals surface area (Å²) in [6.07, 6.45) is 0. The van der Waals surface area contributed by atoms with Crippen molar-refractivity contribution in [2.45, 2.75) is 25.5 Å². The highest BCUT2D eigenvalue weighted by Crippen LogP contribution is 2.26. The van der Waals surface area contributed by atoms with Gasteiger partial charge >= 0.3 is 0 Å². The van der Waals surface area contributed by atoms with Crippen LogP contribution < -0.4 is 5.32 Å². The number of benzene rings is 1. The summed E-state index contributed by atoms with van der Waals surface area (Å²) in [5, 5.41) is 14.7. The lowest BCUT2D eigenvalue weighted by Gasteiger charge is -2.28. The molecule has 110 valence electrons. The first-order chi connectivity index (χ1) is 9.37. The Balaban J connectivity index is 1.99. The molecule has 1 aromatic carbocycles. The molecule has 2 unspecified atom stereocenters. The van der Waals surface area contributed by atoms with Gasteiger partial charge in [0.1, 0.15) is 5.01 Å². The number of fused-ring (bicyclic) bond motifs is 1. The Morgan fingerprint density at radius 1 is 1.40 bits per heavy atom. The van der Waals surface area contributed by atoms with Gasteiger partial charge in [0.2, 0.25) is 0 Å². The van der Waals surface area contributed by atoms with E-state index in [0.717, 1.165) is 10.5 Å². The Morgan fingerprint density at radius 3 is 2.75 bits per heavy atom. The molecule has 2 N–H and O–H groups in total. The van der Waals surface area contributed by atoms with Crippen LogP contribution in [0.3, 0.4) is 0 Å². The highest BCUT2D eigenvalue weighted by molar-refractivity contribution is 7.18. The molecule has 0 aliphatic rings. The first kappa shape index (κ1) is 15.4. The maximum Gasteiger partial charge on any atom is 0.111 e. The van der Waals surface area contributed by atoms with Crippen molar-refractivity contribution in [2.24, 2.45) is 0 Å². The maximum atomic E-state index is 10.3. The van der Waals surface area contributed by atoms with Gasteiger partial charge < -0.3 is 15.3 Å². The van der Waals surface area contributed by atoms with Crippen LogP contribution in [0.1, 0.15) is 24.9 Å². The van der Waals surface area contributed by atoms with E-state index >= 15 is 0 Å². The van der Waals surface area contributed by atoms with E-state index in [2.05, 4.69) is 23.3 Å². The van der Waals surface area contributed by atoms with Crippen molar-refractivity contribution in [3.8, 4) is 0 Å². The molecule has 4 nitrogen and oxygen atoms in total. The summed E-state index contributed by atoms with van der Waals surface area (Å²) in [6.45, 7) is 5.11. The molecule has 2 aromatic rings. The second kappa shape index (κ2) is 6.18. The van der Waals surface area contributed by atoms with Crippen molar-refractivity contribution < 1.29 is 5.11 Å². The van der Waals surface area contributed by atoms with E-state index < -0.39 is 5.60 Å². The average Bonchev–Trinajstić information content (AvgIpc) is 2.78. The summed E-state index contributed by atoms with van der Waals surface area (Å²) in [4.78, 5) is 6.63. The number of hydrogen-bond acceptors (Lipinski definition) is 5. The average molecular weight is 293 g/mol. The number of nitrogens with one attached hydrogen (secondary N) is 1. The van der Waals surface area contributed by atoms with Gasteiger partial charge in [-0.1, -0.05) is 12.1 Å². The zero-order chi connectivity index (χ0) is 14.8. The van der Waals surface area contributed by atoms with Gasteiger partial charge in [0, 0.05) is 13.1 Å². The van der Waals surface area contributed by atoms with Crippen LogP contribution in [0.25, 0.3) is 10.2 Å². The van der Waals surface area contributed by atoms with Crippen LogP contribution in [0.5, 0.6) is 0 Å². The normalized spacial score (nSPS) is 16.5. The van der Waals surface area contributed by atoms with E-state index in [9.17, 15) is 5.11 Å². The Labute approximate surface area is 124 Å². The van der Waals surface area contributed by atoms with E-state index in [1.807, 2.05) is 44.1 Å². The Kier molecular flexibility index (Phi) is 4.75. The zero-order valence-electron chi connectivity index (χ0n) is 12.6. The van der Waals surface area contributed by atoms with Crippen LogP contribution in [0.4, 0.5) is 0 Å². The van der Waals surface area contributed by atoms with Crippen molar-refractivity contribution in [3.63, 3.8) is 0 Å². The molecule has 2 rings (SSSR count). The van der Waals surface area contributed by atoms with E-state index in [4.69, 9.17) is 0 Å². The largest absolute Gasteiger partial charge is 0.388 e. The summed E-state index contributed by atoms with van der Waals surface area (Å²) in [7, 11) is 3.93. The third-order valence-electron chi connectivity index (χ3n) is 3.13. The standard InChI is InChI=1S/C15H23N3OS/c1-11(16-9-15(2,19)10-18(3)4)14-17-12-7-5-6-8-13(12)20-14/h5-8,11,16,19H,9-10H2,1-4H3. The van der Waals surface area contributed by atoms with Crippen LogP contribution >= 0.6 is 11.3 Å². The summed E-state index contributed by atoms with van der Waals surface area (Å²) >= 11 is 1.70. The SMILES string of the molecule is CC(NCC(C)(O)CN(C)C)c1nc2ccccc2s1. The van der Waals surface area contributed by atoms with Crippen molar-refractivity contribution in [1.29, 1.82) is 0 Å².